The molecule has 0 atom stereocenters. The Balaban J connectivity index is 0.000000745. The standard InChI is InChI=1S/C15H22N2O2.CHNO/c18-10-16-14-5-1-12(2-6-14)9-13-3-7-15(8-4-13)17-11-19;2-1-3/h12-15H,1-9H2;2H. The molecule has 6 nitrogen and oxygen atoms in total. The highest BCUT2D eigenvalue weighted by atomic mass is 16.1. The Kier molecular flexibility index (Phi) is 8.94. The van der Waals surface area contributed by atoms with Crippen LogP contribution in [0.3, 0.4) is 0 Å². The highest BCUT2D eigenvalue weighted by Crippen LogP contribution is 2.36. The number of hydrogen-bond donors (Lipinski definition) is 1. The Bertz CT molecular complexity index is 409. The molecule has 0 saturated heterocycles. The first-order valence-corrected chi connectivity index (χ1v) is 7.91. The first-order valence-electron chi connectivity index (χ1n) is 7.91. The van der Waals surface area contributed by atoms with Gasteiger partial charge in [0.1, 0.15) is 0 Å². The number of carbonyl (C=O) groups excluding carboxylic acids is 3. The fraction of sp³-hybridized carbons (Fsp3) is 0.812. The molecule has 0 aromatic rings. The van der Waals surface area contributed by atoms with Crippen molar-refractivity contribution in [1.29, 1.82) is 5.41 Å². The third-order valence-corrected chi connectivity index (χ3v) is 4.77. The third-order valence-electron chi connectivity index (χ3n) is 4.77. The number of nitrogens with one attached hydrogen (secondary N) is 1. The van der Waals surface area contributed by atoms with E-state index in [-0.39, 0.29) is 12.1 Å². The first kappa shape index (κ1) is 18.2. The maximum absolute atomic E-state index is 10.2. The van der Waals surface area contributed by atoms with Crippen molar-refractivity contribution in [3.8, 4) is 0 Å². The molecule has 2 aliphatic carbocycles. The molecule has 2 rings (SSSR count). The molecule has 0 spiro atoms. The van der Waals surface area contributed by atoms with E-state index in [4.69, 9.17) is 10.2 Å². The predicted octanol–water partition coefficient (Wildman–Crippen LogP) is 3.07. The van der Waals surface area contributed by atoms with Crippen molar-refractivity contribution in [1.82, 2.24) is 0 Å². The molecule has 0 aromatic carbocycles. The molecule has 0 amide bonds. The lowest BCUT2D eigenvalue weighted by Gasteiger charge is -2.31. The van der Waals surface area contributed by atoms with E-state index < -0.39 is 0 Å². The Morgan fingerprint density at radius 1 is 0.727 bits per heavy atom. The molecule has 120 valence electrons. The van der Waals surface area contributed by atoms with Gasteiger partial charge in [0, 0.05) is 0 Å². The third kappa shape index (κ3) is 6.73. The van der Waals surface area contributed by atoms with Crippen LogP contribution in [0.1, 0.15) is 57.8 Å². The van der Waals surface area contributed by atoms with Crippen molar-refractivity contribution in [2.24, 2.45) is 21.8 Å². The molecule has 2 fully saturated rings. The number of nitrogens with zero attached hydrogens (tertiary/aromatic N) is 2. The molecule has 0 aromatic heterocycles. The second-order valence-electron chi connectivity index (χ2n) is 6.13. The minimum absolute atomic E-state index is 0.228. The summed E-state index contributed by atoms with van der Waals surface area (Å²) in [6, 6.07) is 0.456. The maximum Gasteiger partial charge on any atom is 0.235 e. The molecule has 1 N–H and O–H groups in total. The Morgan fingerprint density at radius 2 is 1.05 bits per heavy atom. The summed E-state index contributed by atoms with van der Waals surface area (Å²) in [7, 11) is 0. The van der Waals surface area contributed by atoms with Crippen molar-refractivity contribution >= 4 is 18.2 Å². The van der Waals surface area contributed by atoms with Gasteiger partial charge in [0.25, 0.3) is 0 Å². The number of aliphatic imine (C=N–C) groups is 2. The Labute approximate surface area is 130 Å². The average Bonchev–Trinajstić information content (AvgIpc) is 2.53. The summed E-state index contributed by atoms with van der Waals surface area (Å²) in [6.45, 7) is 0. The van der Waals surface area contributed by atoms with Crippen molar-refractivity contribution in [3.63, 3.8) is 0 Å². The van der Waals surface area contributed by atoms with Crippen LogP contribution >= 0.6 is 0 Å². The minimum atomic E-state index is 0.228. The lowest BCUT2D eigenvalue weighted by Crippen LogP contribution is -2.23. The van der Waals surface area contributed by atoms with Crippen molar-refractivity contribution < 1.29 is 14.4 Å². The minimum Gasteiger partial charge on any atom is -0.222 e. The average molecular weight is 305 g/mol. The number of isocyanates is 3. The summed E-state index contributed by atoms with van der Waals surface area (Å²) in [5.74, 6) is 1.60. The van der Waals surface area contributed by atoms with Gasteiger partial charge >= 0.3 is 0 Å². The zero-order valence-corrected chi connectivity index (χ0v) is 12.8. The van der Waals surface area contributed by atoms with Gasteiger partial charge in [-0.15, -0.1) is 0 Å². The molecule has 0 bridgehead atoms. The van der Waals surface area contributed by atoms with Gasteiger partial charge < -0.3 is 0 Å². The second-order valence-corrected chi connectivity index (χ2v) is 6.13. The number of hydrogen-bond acceptors (Lipinski definition) is 6. The van der Waals surface area contributed by atoms with Crippen LogP contribution in [0.2, 0.25) is 0 Å². The van der Waals surface area contributed by atoms with E-state index in [9.17, 15) is 9.59 Å². The summed E-state index contributed by atoms with van der Waals surface area (Å²) < 4.78 is 0. The highest BCUT2D eigenvalue weighted by Gasteiger charge is 2.26. The second kappa shape index (κ2) is 10.8. The molecule has 0 aliphatic heterocycles. The smallest absolute Gasteiger partial charge is 0.222 e. The van der Waals surface area contributed by atoms with Crippen LogP contribution in [-0.4, -0.2) is 30.3 Å². The predicted molar refractivity (Wildman–Crippen MR) is 80.8 cm³/mol. The van der Waals surface area contributed by atoms with Crippen LogP contribution in [0.25, 0.3) is 0 Å². The fourth-order valence-electron chi connectivity index (χ4n) is 3.64. The number of rotatable bonds is 4. The summed E-state index contributed by atoms with van der Waals surface area (Å²) in [6.07, 6.45) is 14.4. The highest BCUT2D eigenvalue weighted by molar-refractivity contribution is 5.33. The normalized spacial score (nSPS) is 30.5. The van der Waals surface area contributed by atoms with Gasteiger partial charge in [-0.05, 0) is 69.6 Å². The summed E-state index contributed by atoms with van der Waals surface area (Å²) in [5.41, 5.74) is 0. The zero-order valence-electron chi connectivity index (χ0n) is 12.8. The van der Waals surface area contributed by atoms with E-state index in [2.05, 4.69) is 9.98 Å². The van der Waals surface area contributed by atoms with Crippen LogP contribution in [0.4, 0.5) is 0 Å². The lowest BCUT2D eigenvalue weighted by atomic mass is 9.76. The molecule has 0 heterocycles. The SMILES string of the molecule is N=C=O.O=C=NC1CCC(CC2CCC(N=C=O)CC2)CC1. The van der Waals surface area contributed by atoms with Gasteiger partial charge in [-0.2, -0.15) is 0 Å². The van der Waals surface area contributed by atoms with Gasteiger partial charge in [0.2, 0.25) is 18.2 Å². The molecular formula is C16H23N3O3. The lowest BCUT2D eigenvalue weighted by molar-refractivity contribution is 0.226. The van der Waals surface area contributed by atoms with E-state index >= 15 is 0 Å². The summed E-state index contributed by atoms with van der Waals surface area (Å²) in [5, 5.41) is 5.40. The van der Waals surface area contributed by atoms with Gasteiger partial charge in [-0.25, -0.2) is 29.8 Å². The Hall–Kier alpha value is -1.86. The molecule has 0 unspecified atom stereocenters. The molecule has 0 radical (unpaired) electrons. The quantitative estimate of drug-likeness (QED) is 0.638. The van der Waals surface area contributed by atoms with E-state index in [1.807, 2.05) is 0 Å². The first-order chi connectivity index (χ1) is 10.7. The van der Waals surface area contributed by atoms with Crippen molar-refractivity contribution in [2.45, 2.75) is 69.9 Å². The largest absolute Gasteiger partial charge is 0.235 e. The summed E-state index contributed by atoms with van der Waals surface area (Å²) >= 11 is 0. The molecule has 2 aliphatic rings. The summed E-state index contributed by atoms with van der Waals surface area (Å²) in [4.78, 5) is 36.5. The Morgan fingerprint density at radius 3 is 1.32 bits per heavy atom. The molecule has 22 heavy (non-hydrogen) atoms. The van der Waals surface area contributed by atoms with Crippen LogP contribution in [0, 0.1) is 17.2 Å². The van der Waals surface area contributed by atoms with Gasteiger partial charge in [-0.3, -0.25) is 0 Å². The van der Waals surface area contributed by atoms with Crippen molar-refractivity contribution in [2.75, 3.05) is 0 Å². The molecule has 6 heteroatoms. The topological polar surface area (TPSA) is 99.8 Å². The molecular weight excluding hydrogens is 282 g/mol. The van der Waals surface area contributed by atoms with Crippen LogP contribution in [0.5, 0.6) is 0 Å². The van der Waals surface area contributed by atoms with E-state index in [0.29, 0.717) is 0 Å². The maximum atomic E-state index is 10.2. The van der Waals surface area contributed by atoms with E-state index in [0.717, 1.165) is 43.6 Å². The van der Waals surface area contributed by atoms with E-state index in [1.54, 1.807) is 12.2 Å². The van der Waals surface area contributed by atoms with Gasteiger partial charge in [0.05, 0.1) is 12.1 Å². The van der Waals surface area contributed by atoms with E-state index in [1.165, 1.54) is 32.1 Å². The molecule has 2 saturated carbocycles. The zero-order chi connectivity index (χ0) is 16.2. The van der Waals surface area contributed by atoms with Crippen LogP contribution in [0.15, 0.2) is 9.98 Å². The van der Waals surface area contributed by atoms with Crippen LogP contribution in [-0.2, 0) is 14.4 Å². The van der Waals surface area contributed by atoms with Gasteiger partial charge in [-0.1, -0.05) is 0 Å². The fourth-order valence-corrected chi connectivity index (χ4v) is 3.64. The monoisotopic (exact) mass is 305 g/mol. The van der Waals surface area contributed by atoms with Gasteiger partial charge in [0.15, 0.2) is 0 Å². The van der Waals surface area contributed by atoms with Crippen LogP contribution < -0.4 is 0 Å². The van der Waals surface area contributed by atoms with Crippen molar-refractivity contribution in [3.05, 3.63) is 0 Å².